The molecule has 5 rings (SSSR count). The maximum Gasteiger partial charge on any atom is 0.241 e. The molecule has 1 N–H and O–H groups in total. The van der Waals surface area contributed by atoms with Crippen molar-refractivity contribution in [3.8, 4) is 11.3 Å². The number of anilines is 1. The summed E-state index contributed by atoms with van der Waals surface area (Å²) in [5.41, 5.74) is 4.64. The van der Waals surface area contributed by atoms with Gasteiger partial charge in [-0.05, 0) is 44.9 Å². The van der Waals surface area contributed by atoms with Crippen molar-refractivity contribution < 1.29 is 9.47 Å². The average Bonchev–Trinajstić information content (AvgIpc) is 3.30. The van der Waals surface area contributed by atoms with E-state index in [1.807, 2.05) is 42.0 Å². The lowest BCUT2D eigenvalue weighted by molar-refractivity contribution is -0.0261. The van der Waals surface area contributed by atoms with Crippen LogP contribution in [0.1, 0.15) is 25.6 Å². The lowest BCUT2D eigenvalue weighted by Crippen LogP contribution is -2.41. The van der Waals surface area contributed by atoms with Crippen molar-refractivity contribution in [2.75, 3.05) is 25.6 Å². The van der Waals surface area contributed by atoms with Crippen molar-refractivity contribution in [2.24, 2.45) is 0 Å². The normalized spacial score (nSPS) is 18.5. The number of ether oxygens (including phenoxy) is 2. The second-order valence-corrected chi connectivity index (χ2v) is 7.88. The van der Waals surface area contributed by atoms with E-state index in [1.54, 1.807) is 7.11 Å². The maximum atomic E-state index is 5.73. The predicted molar refractivity (Wildman–Crippen MR) is 118 cm³/mol. The molecule has 4 aromatic rings. The highest BCUT2D eigenvalue weighted by Crippen LogP contribution is 2.28. The van der Waals surface area contributed by atoms with E-state index < -0.39 is 0 Å². The van der Waals surface area contributed by atoms with Gasteiger partial charge in [-0.25, -0.2) is 19.5 Å². The first-order valence-corrected chi connectivity index (χ1v) is 10.7. The summed E-state index contributed by atoms with van der Waals surface area (Å²) in [6.45, 7) is 6.23. The third kappa shape index (κ3) is 3.75. The van der Waals surface area contributed by atoms with Gasteiger partial charge < -0.3 is 19.4 Å². The fraction of sp³-hybridized carbons (Fsp3) is 0.455. The largest absolute Gasteiger partial charge is 0.382 e. The highest BCUT2D eigenvalue weighted by Gasteiger charge is 2.30. The van der Waals surface area contributed by atoms with Gasteiger partial charge in [0.2, 0.25) is 5.95 Å². The van der Waals surface area contributed by atoms with Gasteiger partial charge in [-0.2, -0.15) is 0 Å². The molecular formula is C22H27N7O2. The second kappa shape index (κ2) is 8.24. The first-order chi connectivity index (χ1) is 15.2. The highest BCUT2D eigenvalue weighted by atomic mass is 16.5. The van der Waals surface area contributed by atoms with Crippen LogP contribution >= 0.6 is 0 Å². The lowest BCUT2D eigenvalue weighted by atomic mass is 9.89. The number of hydrogen-bond acceptors (Lipinski definition) is 7. The quantitative estimate of drug-likeness (QED) is 0.437. The molecular weight excluding hydrogens is 394 g/mol. The summed E-state index contributed by atoms with van der Waals surface area (Å²) < 4.78 is 14.7. The molecule has 4 heterocycles. The van der Waals surface area contributed by atoms with Crippen LogP contribution in [0.5, 0.6) is 0 Å². The minimum atomic E-state index is 0.288. The van der Waals surface area contributed by atoms with Crippen molar-refractivity contribution in [1.82, 2.24) is 29.1 Å². The second-order valence-electron chi connectivity index (χ2n) is 7.88. The number of hydrogen-bond donors (Lipinski definition) is 1. The number of methoxy groups -OCH3 is 1. The molecule has 0 atom stereocenters. The van der Waals surface area contributed by atoms with Crippen LogP contribution in [0.2, 0.25) is 0 Å². The molecule has 0 unspecified atom stereocenters. The molecule has 1 aliphatic carbocycles. The highest BCUT2D eigenvalue weighted by molar-refractivity contribution is 5.82. The monoisotopic (exact) mass is 421 g/mol. The molecule has 31 heavy (non-hydrogen) atoms. The summed E-state index contributed by atoms with van der Waals surface area (Å²) in [5.74, 6) is 1.60. The van der Waals surface area contributed by atoms with Crippen molar-refractivity contribution >= 4 is 22.6 Å². The summed E-state index contributed by atoms with van der Waals surface area (Å²) in [6, 6.07) is 6.40. The number of fused-ring (bicyclic) bond motifs is 2. The molecule has 9 heteroatoms. The van der Waals surface area contributed by atoms with Gasteiger partial charge in [-0.15, -0.1) is 5.10 Å². The lowest BCUT2D eigenvalue weighted by Gasteiger charge is -2.35. The van der Waals surface area contributed by atoms with Crippen molar-refractivity contribution in [3.05, 3.63) is 36.4 Å². The average molecular weight is 422 g/mol. The van der Waals surface area contributed by atoms with Crippen LogP contribution in [0.25, 0.3) is 27.9 Å². The molecule has 0 saturated heterocycles. The molecule has 9 nitrogen and oxygen atoms in total. The van der Waals surface area contributed by atoms with E-state index in [1.165, 1.54) is 0 Å². The number of aromatic nitrogens is 6. The zero-order chi connectivity index (χ0) is 21.4. The van der Waals surface area contributed by atoms with Crippen LogP contribution in [0.3, 0.4) is 0 Å². The van der Waals surface area contributed by atoms with Crippen LogP contribution in [-0.2, 0) is 16.0 Å². The Morgan fingerprint density at radius 2 is 2.03 bits per heavy atom. The summed E-state index contributed by atoms with van der Waals surface area (Å²) in [7, 11) is 1.68. The zero-order valence-corrected chi connectivity index (χ0v) is 18.1. The fourth-order valence-electron chi connectivity index (χ4n) is 4.13. The summed E-state index contributed by atoms with van der Waals surface area (Å²) in [6.07, 6.45) is 6.00. The van der Waals surface area contributed by atoms with Crippen molar-refractivity contribution in [1.29, 1.82) is 0 Å². The smallest absolute Gasteiger partial charge is 0.241 e. The molecule has 1 saturated carbocycles. The zero-order valence-electron chi connectivity index (χ0n) is 18.1. The molecule has 0 radical (unpaired) electrons. The van der Waals surface area contributed by atoms with Crippen LogP contribution in [0, 0.1) is 6.92 Å². The summed E-state index contributed by atoms with van der Waals surface area (Å²) >= 11 is 0. The topological polar surface area (TPSA) is 91.4 Å². The van der Waals surface area contributed by atoms with Gasteiger partial charge in [-0.3, -0.25) is 0 Å². The van der Waals surface area contributed by atoms with Gasteiger partial charge in [0, 0.05) is 31.5 Å². The van der Waals surface area contributed by atoms with Crippen LogP contribution < -0.4 is 5.32 Å². The molecule has 0 aliphatic heterocycles. The number of aryl methyl sites for hydroxylation is 2. The minimum Gasteiger partial charge on any atom is -0.382 e. The van der Waals surface area contributed by atoms with E-state index in [2.05, 4.69) is 31.9 Å². The summed E-state index contributed by atoms with van der Waals surface area (Å²) in [5, 5.41) is 8.03. The van der Waals surface area contributed by atoms with Crippen molar-refractivity contribution in [3.63, 3.8) is 0 Å². The number of pyridine rings is 1. The van der Waals surface area contributed by atoms with E-state index in [9.17, 15) is 0 Å². The fourth-order valence-corrected chi connectivity index (χ4v) is 4.13. The van der Waals surface area contributed by atoms with Crippen LogP contribution in [0.15, 0.2) is 30.6 Å². The van der Waals surface area contributed by atoms with Gasteiger partial charge in [0.05, 0.1) is 36.7 Å². The van der Waals surface area contributed by atoms with Gasteiger partial charge in [0.15, 0.2) is 5.65 Å². The number of nitrogens with one attached hydrogen (secondary N) is 1. The van der Waals surface area contributed by atoms with Gasteiger partial charge >= 0.3 is 0 Å². The first-order valence-electron chi connectivity index (χ1n) is 10.7. The summed E-state index contributed by atoms with van der Waals surface area (Å²) in [4.78, 5) is 14.0. The first kappa shape index (κ1) is 19.9. The van der Waals surface area contributed by atoms with E-state index in [-0.39, 0.29) is 6.10 Å². The Morgan fingerprint density at radius 3 is 2.84 bits per heavy atom. The molecule has 0 bridgehead atoms. The van der Waals surface area contributed by atoms with E-state index >= 15 is 0 Å². The van der Waals surface area contributed by atoms with Gasteiger partial charge in [0.1, 0.15) is 11.3 Å². The Morgan fingerprint density at radius 1 is 1.16 bits per heavy atom. The van der Waals surface area contributed by atoms with Gasteiger partial charge in [-0.1, -0.05) is 0 Å². The number of nitrogens with zero attached hydrogens (tertiary/aromatic N) is 6. The van der Waals surface area contributed by atoms with E-state index in [4.69, 9.17) is 14.5 Å². The van der Waals surface area contributed by atoms with Crippen molar-refractivity contribution in [2.45, 2.75) is 45.4 Å². The van der Waals surface area contributed by atoms with Crippen LogP contribution in [0.4, 0.5) is 5.95 Å². The Hall–Kier alpha value is -3.04. The minimum absolute atomic E-state index is 0.288. The third-order valence-electron chi connectivity index (χ3n) is 5.86. The molecule has 4 aromatic heterocycles. The molecule has 0 amide bonds. The molecule has 1 aliphatic rings. The Balaban J connectivity index is 1.33. The number of imidazole rings is 1. The Labute approximate surface area is 180 Å². The van der Waals surface area contributed by atoms with Crippen LogP contribution in [-0.4, -0.2) is 61.6 Å². The SMILES string of the molecule is CCn1c(C)nc2ccc(-c3ccn4nc(N[C@H]5C[C@H](OCCOC)C5)ncc34)nc21. The third-order valence-corrected chi connectivity index (χ3v) is 5.86. The standard InChI is InChI=1S/C22H27N7O2/c1-4-28-14(2)24-19-6-5-18(26-21(19)28)17-7-8-29-20(17)13-23-22(27-29)25-15-11-16(12-15)31-10-9-30-3/h5-8,13,15-16H,4,9-12H2,1-3H3,(H,25,27)/t15-,16-. The maximum absolute atomic E-state index is 5.73. The Kier molecular flexibility index (Phi) is 5.29. The molecule has 162 valence electrons. The predicted octanol–water partition coefficient (Wildman–Crippen LogP) is 3.08. The Bertz CT molecular complexity index is 1210. The number of rotatable bonds is 8. The van der Waals surface area contributed by atoms with E-state index in [0.29, 0.717) is 25.2 Å². The van der Waals surface area contributed by atoms with Gasteiger partial charge in [0.25, 0.3) is 0 Å². The molecule has 1 fully saturated rings. The molecule has 0 spiro atoms. The van der Waals surface area contributed by atoms with E-state index in [0.717, 1.165) is 53.1 Å². The molecule has 0 aromatic carbocycles.